The molecule has 1 heterocycles. The highest BCUT2D eigenvalue weighted by molar-refractivity contribution is 5.98. The van der Waals surface area contributed by atoms with Crippen molar-refractivity contribution < 1.29 is 14.7 Å². The maximum Gasteiger partial charge on any atom is 0.356 e. The number of unbranched alkanes of at least 4 members (excludes halogenated alkanes) is 1. The van der Waals surface area contributed by atoms with Crippen LogP contribution in [0, 0.1) is 0 Å². The van der Waals surface area contributed by atoms with Crippen molar-refractivity contribution in [2.75, 3.05) is 11.9 Å². The Labute approximate surface area is 117 Å². The second kappa shape index (κ2) is 6.36. The third kappa shape index (κ3) is 3.46. The number of pyridine rings is 1. The van der Waals surface area contributed by atoms with Gasteiger partial charge in [0, 0.05) is 18.8 Å². The monoisotopic (exact) mass is 277 g/mol. The van der Waals surface area contributed by atoms with E-state index in [1.807, 2.05) is 0 Å². The van der Waals surface area contributed by atoms with Gasteiger partial charge in [-0.05, 0) is 31.4 Å². The summed E-state index contributed by atoms with van der Waals surface area (Å²) in [6, 6.07) is 3.22. The molecule has 0 bridgehead atoms. The molecule has 0 aromatic carbocycles. The Morgan fingerprint density at radius 1 is 1.50 bits per heavy atom. The van der Waals surface area contributed by atoms with Gasteiger partial charge in [0.05, 0.1) is 5.69 Å². The number of rotatable bonds is 6. The second-order valence-corrected chi connectivity index (χ2v) is 4.91. The van der Waals surface area contributed by atoms with Crippen LogP contribution in [0.4, 0.5) is 10.5 Å². The van der Waals surface area contributed by atoms with Gasteiger partial charge in [-0.2, -0.15) is 0 Å². The molecule has 1 aliphatic rings. The number of aromatic nitrogens is 1. The molecule has 0 saturated heterocycles. The van der Waals surface area contributed by atoms with E-state index in [2.05, 4.69) is 17.2 Å². The number of hydrogen-bond acceptors (Lipinski definition) is 3. The minimum atomic E-state index is -1.15. The molecular weight excluding hydrogens is 258 g/mol. The Bertz CT molecular complexity index is 500. The first-order chi connectivity index (χ1) is 9.63. The predicted octanol–water partition coefficient (Wildman–Crippen LogP) is 2.58. The lowest BCUT2D eigenvalue weighted by atomic mass is 10.3. The number of carbonyl (C=O) groups is 2. The largest absolute Gasteiger partial charge is 0.476 e. The highest BCUT2D eigenvalue weighted by Gasteiger charge is 2.32. The van der Waals surface area contributed by atoms with Gasteiger partial charge in [-0.3, -0.25) is 0 Å². The molecule has 20 heavy (non-hydrogen) atoms. The maximum absolute atomic E-state index is 12.3. The molecule has 108 valence electrons. The molecule has 0 unspecified atom stereocenters. The van der Waals surface area contributed by atoms with Gasteiger partial charge in [0.15, 0.2) is 5.69 Å². The number of amides is 2. The number of urea groups is 1. The molecule has 6 nitrogen and oxygen atoms in total. The lowest BCUT2D eigenvalue weighted by Crippen LogP contribution is -2.37. The molecule has 2 rings (SSSR count). The van der Waals surface area contributed by atoms with Gasteiger partial charge >= 0.3 is 12.0 Å². The van der Waals surface area contributed by atoms with Crippen LogP contribution in [0.2, 0.25) is 0 Å². The number of aromatic carboxylic acids is 1. The first kappa shape index (κ1) is 14.3. The van der Waals surface area contributed by atoms with E-state index in [9.17, 15) is 9.59 Å². The quantitative estimate of drug-likeness (QED) is 0.837. The molecule has 0 aliphatic heterocycles. The molecule has 0 atom stereocenters. The third-order valence-corrected chi connectivity index (χ3v) is 3.25. The van der Waals surface area contributed by atoms with Crippen molar-refractivity contribution in [2.24, 2.45) is 0 Å². The normalized spacial score (nSPS) is 13.8. The average Bonchev–Trinajstić information content (AvgIpc) is 3.24. The summed E-state index contributed by atoms with van der Waals surface area (Å²) in [7, 11) is 0. The first-order valence-electron chi connectivity index (χ1n) is 6.89. The third-order valence-electron chi connectivity index (χ3n) is 3.25. The van der Waals surface area contributed by atoms with Crippen molar-refractivity contribution >= 4 is 17.7 Å². The Morgan fingerprint density at radius 3 is 2.85 bits per heavy atom. The fourth-order valence-corrected chi connectivity index (χ4v) is 2.03. The number of carboxylic acid groups (broad SMARTS) is 1. The van der Waals surface area contributed by atoms with Crippen LogP contribution in [0.1, 0.15) is 43.1 Å². The van der Waals surface area contributed by atoms with Crippen molar-refractivity contribution in [2.45, 2.75) is 38.6 Å². The smallest absolute Gasteiger partial charge is 0.356 e. The van der Waals surface area contributed by atoms with E-state index in [-0.39, 0.29) is 17.4 Å². The number of nitrogens with zero attached hydrogens (tertiary/aromatic N) is 2. The van der Waals surface area contributed by atoms with Crippen molar-refractivity contribution in [1.82, 2.24) is 9.88 Å². The lowest BCUT2D eigenvalue weighted by molar-refractivity contribution is 0.0691. The SMILES string of the molecule is CCCCN(C(=O)Nc1cccnc1C(=O)O)C1CC1. The van der Waals surface area contributed by atoms with Crippen LogP contribution in [0.3, 0.4) is 0 Å². The van der Waals surface area contributed by atoms with E-state index in [4.69, 9.17) is 5.11 Å². The highest BCUT2D eigenvalue weighted by atomic mass is 16.4. The van der Waals surface area contributed by atoms with Gasteiger partial charge in [0.1, 0.15) is 0 Å². The number of carbonyl (C=O) groups excluding carboxylic acids is 1. The standard InChI is InChI=1S/C14H19N3O3/c1-2-3-9-17(10-6-7-10)14(20)16-11-5-4-8-15-12(11)13(18)19/h4-5,8,10H,2-3,6-7,9H2,1H3,(H,16,20)(H,18,19). The van der Waals surface area contributed by atoms with E-state index in [0.29, 0.717) is 12.6 Å². The lowest BCUT2D eigenvalue weighted by Gasteiger charge is -2.22. The number of hydrogen-bond donors (Lipinski definition) is 2. The summed E-state index contributed by atoms with van der Waals surface area (Å²) < 4.78 is 0. The van der Waals surface area contributed by atoms with Gasteiger partial charge in [-0.25, -0.2) is 14.6 Å². The molecule has 1 fully saturated rings. The van der Waals surface area contributed by atoms with E-state index in [1.165, 1.54) is 6.20 Å². The second-order valence-electron chi connectivity index (χ2n) is 4.91. The molecule has 2 N–H and O–H groups in total. The van der Waals surface area contributed by atoms with E-state index < -0.39 is 5.97 Å². The molecule has 0 spiro atoms. The van der Waals surface area contributed by atoms with Gasteiger partial charge in [-0.15, -0.1) is 0 Å². The molecule has 6 heteroatoms. The summed E-state index contributed by atoms with van der Waals surface area (Å²) in [5, 5.41) is 11.7. The number of carboxylic acids is 1. The minimum absolute atomic E-state index is 0.132. The Kier molecular flexibility index (Phi) is 4.55. The summed E-state index contributed by atoms with van der Waals surface area (Å²) in [5.41, 5.74) is 0.110. The zero-order chi connectivity index (χ0) is 14.5. The molecule has 1 saturated carbocycles. The fraction of sp³-hybridized carbons (Fsp3) is 0.500. The zero-order valence-corrected chi connectivity index (χ0v) is 11.5. The number of nitrogens with one attached hydrogen (secondary N) is 1. The Hall–Kier alpha value is -2.11. The van der Waals surface area contributed by atoms with Crippen LogP contribution in [0.15, 0.2) is 18.3 Å². The molecule has 1 aromatic heterocycles. The summed E-state index contributed by atoms with van der Waals surface area (Å²) in [6.45, 7) is 2.78. The van der Waals surface area contributed by atoms with Gasteiger partial charge < -0.3 is 15.3 Å². The van der Waals surface area contributed by atoms with Crippen LogP contribution >= 0.6 is 0 Å². The van der Waals surface area contributed by atoms with Gasteiger partial charge in [0.25, 0.3) is 0 Å². The van der Waals surface area contributed by atoms with Crippen molar-refractivity contribution in [3.63, 3.8) is 0 Å². The molecule has 1 aromatic rings. The van der Waals surface area contributed by atoms with Crippen LogP contribution in [-0.2, 0) is 0 Å². The fourth-order valence-electron chi connectivity index (χ4n) is 2.03. The van der Waals surface area contributed by atoms with E-state index in [1.54, 1.807) is 17.0 Å². The van der Waals surface area contributed by atoms with Crippen LogP contribution in [0.5, 0.6) is 0 Å². The van der Waals surface area contributed by atoms with Crippen LogP contribution in [0.25, 0.3) is 0 Å². The predicted molar refractivity (Wildman–Crippen MR) is 74.9 cm³/mol. The first-order valence-corrected chi connectivity index (χ1v) is 6.89. The summed E-state index contributed by atoms with van der Waals surface area (Å²) in [6.07, 6.45) is 5.41. The highest BCUT2D eigenvalue weighted by Crippen LogP contribution is 2.28. The van der Waals surface area contributed by atoms with Gasteiger partial charge in [-0.1, -0.05) is 13.3 Å². The summed E-state index contributed by atoms with van der Waals surface area (Å²) in [5.74, 6) is -1.15. The van der Waals surface area contributed by atoms with E-state index >= 15 is 0 Å². The summed E-state index contributed by atoms with van der Waals surface area (Å²) >= 11 is 0. The molecule has 2 amide bonds. The molecular formula is C14H19N3O3. The van der Waals surface area contributed by atoms with Crippen molar-refractivity contribution in [3.05, 3.63) is 24.0 Å². The van der Waals surface area contributed by atoms with Crippen molar-refractivity contribution in [3.8, 4) is 0 Å². The molecule has 0 radical (unpaired) electrons. The summed E-state index contributed by atoms with van der Waals surface area (Å²) in [4.78, 5) is 28.9. The van der Waals surface area contributed by atoms with Crippen LogP contribution < -0.4 is 5.32 Å². The topological polar surface area (TPSA) is 82.5 Å². The minimum Gasteiger partial charge on any atom is -0.476 e. The van der Waals surface area contributed by atoms with Crippen LogP contribution in [-0.4, -0.2) is 39.6 Å². The van der Waals surface area contributed by atoms with Gasteiger partial charge in [0.2, 0.25) is 0 Å². The zero-order valence-electron chi connectivity index (χ0n) is 11.5. The van der Waals surface area contributed by atoms with Crippen molar-refractivity contribution in [1.29, 1.82) is 0 Å². The Morgan fingerprint density at radius 2 is 2.25 bits per heavy atom. The Balaban J connectivity index is 2.07. The molecule has 1 aliphatic carbocycles. The average molecular weight is 277 g/mol. The number of anilines is 1. The maximum atomic E-state index is 12.3. The van der Waals surface area contributed by atoms with E-state index in [0.717, 1.165) is 25.7 Å².